The largest absolute Gasteiger partial charge is 0.459 e. The maximum atomic E-state index is 13.3. The number of nitrogens with one attached hydrogen (secondary N) is 1. The molecular weight excluding hydrogens is 400 g/mol. The molecule has 0 bridgehead atoms. The van der Waals surface area contributed by atoms with Gasteiger partial charge in [-0.15, -0.1) is 0 Å². The molecule has 1 N–H and O–H groups in total. The Morgan fingerprint density at radius 1 is 1.20 bits per heavy atom. The predicted octanol–water partition coefficient (Wildman–Crippen LogP) is 5.29. The maximum absolute atomic E-state index is 13.3. The van der Waals surface area contributed by atoms with Gasteiger partial charge in [-0.05, 0) is 55.8 Å². The lowest BCUT2D eigenvalue weighted by atomic mass is 10.1. The van der Waals surface area contributed by atoms with Crippen LogP contribution < -0.4 is 10.2 Å². The molecule has 0 spiro atoms. The summed E-state index contributed by atoms with van der Waals surface area (Å²) in [6.07, 6.45) is -3.86. The molecule has 1 amide bonds. The van der Waals surface area contributed by atoms with Crippen molar-refractivity contribution in [2.45, 2.75) is 25.6 Å². The number of amides is 1. The molecule has 2 heterocycles. The first-order chi connectivity index (χ1) is 14.2. The minimum absolute atomic E-state index is 0.191. The third kappa shape index (κ3) is 4.13. The van der Waals surface area contributed by atoms with Crippen molar-refractivity contribution in [1.82, 2.24) is 5.32 Å². The van der Waals surface area contributed by atoms with Crippen LogP contribution >= 0.6 is 0 Å². The van der Waals surface area contributed by atoms with Crippen LogP contribution in [0.1, 0.15) is 30.7 Å². The number of anilines is 1. The normalized spacial score (nSPS) is 18.0. The lowest BCUT2D eigenvalue weighted by molar-refractivity contribution is -0.137. The fraction of sp³-hybridized carbons (Fsp3) is 0.318. The first kappa shape index (κ1) is 20.3. The number of halogens is 4. The molecule has 30 heavy (non-hydrogen) atoms. The average Bonchev–Trinajstić information content (AvgIpc) is 3.34. The number of carbonyl (C=O) groups is 1. The summed E-state index contributed by atoms with van der Waals surface area (Å²) in [7, 11) is 0. The Hall–Kier alpha value is -3.03. The van der Waals surface area contributed by atoms with E-state index in [1.54, 1.807) is 24.0 Å². The van der Waals surface area contributed by atoms with E-state index < -0.39 is 17.8 Å². The van der Waals surface area contributed by atoms with Gasteiger partial charge < -0.3 is 14.6 Å². The quantitative estimate of drug-likeness (QED) is 0.583. The van der Waals surface area contributed by atoms with E-state index in [0.717, 1.165) is 12.1 Å². The first-order valence-corrected chi connectivity index (χ1v) is 9.62. The van der Waals surface area contributed by atoms with Crippen molar-refractivity contribution >= 4 is 22.6 Å². The molecule has 4 rings (SSSR count). The topological polar surface area (TPSA) is 45.5 Å². The van der Waals surface area contributed by atoms with E-state index >= 15 is 0 Å². The van der Waals surface area contributed by atoms with Crippen molar-refractivity contribution < 1.29 is 26.8 Å². The molecule has 1 fully saturated rings. The Labute approximate surface area is 170 Å². The van der Waals surface area contributed by atoms with Crippen molar-refractivity contribution in [3.8, 4) is 0 Å². The van der Waals surface area contributed by atoms with E-state index in [4.69, 9.17) is 4.42 Å². The highest BCUT2D eigenvalue weighted by atomic mass is 19.4. The number of benzene rings is 2. The standard InChI is InChI=1S/C22H20F4N2O2/c1-13(20-10-15-9-17(23)5-6-19(15)30-20)27-21(29)14-7-8-28(12-14)18-4-2-3-16(11-18)22(24,25)26/h2-6,9-11,13-14H,7-8,12H2,1H3,(H,27,29). The van der Waals surface area contributed by atoms with Gasteiger partial charge in [0.05, 0.1) is 17.5 Å². The number of alkyl halides is 3. The van der Waals surface area contributed by atoms with E-state index in [2.05, 4.69) is 5.32 Å². The Bertz CT molecular complexity index is 1080. The Morgan fingerprint density at radius 3 is 2.77 bits per heavy atom. The van der Waals surface area contributed by atoms with Crippen LogP contribution in [0.3, 0.4) is 0 Å². The molecule has 3 aromatic rings. The van der Waals surface area contributed by atoms with Gasteiger partial charge in [0.1, 0.15) is 17.2 Å². The first-order valence-electron chi connectivity index (χ1n) is 9.62. The van der Waals surface area contributed by atoms with Gasteiger partial charge in [0.25, 0.3) is 0 Å². The van der Waals surface area contributed by atoms with E-state index in [1.165, 1.54) is 24.3 Å². The number of rotatable bonds is 4. The smallest absolute Gasteiger partial charge is 0.416 e. The zero-order valence-electron chi connectivity index (χ0n) is 16.2. The van der Waals surface area contributed by atoms with Gasteiger partial charge in [0, 0.05) is 24.2 Å². The molecular formula is C22H20F4N2O2. The van der Waals surface area contributed by atoms with Gasteiger partial charge >= 0.3 is 6.18 Å². The number of hydrogen-bond acceptors (Lipinski definition) is 3. The maximum Gasteiger partial charge on any atom is 0.416 e. The van der Waals surface area contributed by atoms with Crippen LogP contribution in [0.15, 0.2) is 52.9 Å². The van der Waals surface area contributed by atoms with Gasteiger partial charge in [-0.3, -0.25) is 4.79 Å². The zero-order valence-corrected chi connectivity index (χ0v) is 16.2. The summed E-state index contributed by atoms with van der Waals surface area (Å²) >= 11 is 0. The van der Waals surface area contributed by atoms with E-state index in [9.17, 15) is 22.4 Å². The van der Waals surface area contributed by atoms with Crippen molar-refractivity contribution in [3.05, 3.63) is 65.7 Å². The molecule has 2 atom stereocenters. The zero-order chi connectivity index (χ0) is 21.5. The highest BCUT2D eigenvalue weighted by Gasteiger charge is 2.33. The lowest BCUT2D eigenvalue weighted by Gasteiger charge is -2.20. The van der Waals surface area contributed by atoms with Gasteiger partial charge in [0.2, 0.25) is 5.91 Å². The van der Waals surface area contributed by atoms with Crippen molar-refractivity contribution in [1.29, 1.82) is 0 Å². The van der Waals surface area contributed by atoms with Crippen LogP contribution in [0, 0.1) is 11.7 Å². The Morgan fingerprint density at radius 2 is 2.00 bits per heavy atom. The molecule has 1 aromatic heterocycles. The fourth-order valence-electron chi connectivity index (χ4n) is 3.74. The number of carbonyl (C=O) groups excluding carboxylic acids is 1. The van der Waals surface area contributed by atoms with E-state index in [1.807, 2.05) is 0 Å². The number of hydrogen-bond donors (Lipinski definition) is 1. The SMILES string of the molecule is CC(NC(=O)C1CCN(c2cccc(C(F)(F)F)c2)C1)c1cc2cc(F)ccc2o1. The third-order valence-electron chi connectivity index (χ3n) is 5.38. The Kier molecular flexibility index (Phi) is 5.17. The molecule has 0 radical (unpaired) electrons. The van der Waals surface area contributed by atoms with Crippen LogP contribution in [0.5, 0.6) is 0 Å². The lowest BCUT2D eigenvalue weighted by Crippen LogP contribution is -2.34. The van der Waals surface area contributed by atoms with Crippen molar-refractivity contribution in [2.24, 2.45) is 5.92 Å². The summed E-state index contributed by atoms with van der Waals surface area (Å²) in [5.74, 6) is -0.392. The molecule has 1 aliphatic heterocycles. The summed E-state index contributed by atoms with van der Waals surface area (Å²) in [5, 5.41) is 3.50. The van der Waals surface area contributed by atoms with Gasteiger partial charge in [-0.1, -0.05) is 6.07 Å². The highest BCUT2D eigenvalue weighted by molar-refractivity contribution is 5.81. The fourth-order valence-corrected chi connectivity index (χ4v) is 3.74. The molecule has 0 aliphatic carbocycles. The second-order valence-corrected chi connectivity index (χ2v) is 7.54. The summed E-state index contributed by atoms with van der Waals surface area (Å²) < 4.78 is 57.9. The number of fused-ring (bicyclic) bond motifs is 1. The summed E-state index contributed by atoms with van der Waals surface area (Å²) in [6, 6.07) is 10.6. The molecule has 1 saturated heterocycles. The monoisotopic (exact) mass is 420 g/mol. The average molecular weight is 420 g/mol. The van der Waals surface area contributed by atoms with Crippen LogP contribution in [0.4, 0.5) is 23.2 Å². The molecule has 1 aliphatic rings. The predicted molar refractivity (Wildman–Crippen MR) is 104 cm³/mol. The van der Waals surface area contributed by atoms with E-state index in [-0.39, 0.29) is 17.6 Å². The molecule has 2 aromatic carbocycles. The molecule has 4 nitrogen and oxygen atoms in total. The second kappa shape index (κ2) is 7.66. The summed E-state index contributed by atoms with van der Waals surface area (Å²) in [6.45, 7) is 2.61. The molecule has 0 saturated carbocycles. The second-order valence-electron chi connectivity index (χ2n) is 7.54. The van der Waals surface area contributed by atoms with Crippen LogP contribution in [-0.2, 0) is 11.0 Å². The summed E-state index contributed by atoms with van der Waals surface area (Å²) in [5.41, 5.74) is 0.277. The minimum atomic E-state index is -4.41. The summed E-state index contributed by atoms with van der Waals surface area (Å²) in [4.78, 5) is 14.5. The molecule has 158 valence electrons. The minimum Gasteiger partial charge on any atom is -0.459 e. The van der Waals surface area contributed by atoms with Gasteiger partial charge in [-0.25, -0.2) is 4.39 Å². The molecule has 8 heteroatoms. The van der Waals surface area contributed by atoms with Crippen molar-refractivity contribution in [3.63, 3.8) is 0 Å². The van der Waals surface area contributed by atoms with Gasteiger partial charge in [0.15, 0.2) is 0 Å². The van der Waals surface area contributed by atoms with Gasteiger partial charge in [-0.2, -0.15) is 13.2 Å². The highest BCUT2D eigenvalue weighted by Crippen LogP contribution is 2.33. The Balaban J connectivity index is 1.41. The van der Waals surface area contributed by atoms with Crippen LogP contribution in [0.2, 0.25) is 0 Å². The third-order valence-corrected chi connectivity index (χ3v) is 5.38. The number of furan rings is 1. The van der Waals surface area contributed by atoms with E-state index in [0.29, 0.717) is 41.9 Å². The van der Waals surface area contributed by atoms with Crippen LogP contribution in [0.25, 0.3) is 11.0 Å². The molecule has 2 unspecified atom stereocenters. The number of nitrogens with zero attached hydrogens (tertiary/aromatic N) is 1. The van der Waals surface area contributed by atoms with Crippen LogP contribution in [-0.4, -0.2) is 19.0 Å². The van der Waals surface area contributed by atoms with Crippen molar-refractivity contribution in [2.75, 3.05) is 18.0 Å².